The summed E-state index contributed by atoms with van der Waals surface area (Å²) in [5, 5.41) is 9.19. The van der Waals surface area contributed by atoms with Crippen LogP contribution in [0.4, 0.5) is 11.4 Å². The third-order valence-electron chi connectivity index (χ3n) is 3.50. The quantitative estimate of drug-likeness (QED) is 0.597. The van der Waals surface area contributed by atoms with Crippen molar-refractivity contribution in [3.8, 4) is 0 Å². The molecule has 104 valence electrons. The number of nitrogens with two attached hydrogens (primary N) is 1. The molecule has 7 nitrogen and oxygen atoms in total. The van der Waals surface area contributed by atoms with Gasteiger partial charge in [0.05, 0.1) is 11.3 Å². The number of fused-ring (bicyclic) bond motifs is 2. The highest BCUT2D eigenvalue weighted by Gasteiger charge is 2.47. The summed E-state index contributed by atoms with van der Waals surface area (Å²) in [6.45, 7) is 0. The number of carbonyl (C=O) groups excluding carboxylic acids is 2. The zero-order chi connectivity index (χ0) is 14.4. The van der Waals surface area contributed by atoms with Gasteiger partial charge in [0.2, 0.25) is 0 Å². The first-order chi connectivity index (χ1) is 9.49. The maximum atomic E-state index is 12.2. The molecule has 2 amide bonds. The number of ether oxygens (including phenoxy) is 1. The number of carboxylic acids is 1. The Hall–Kier alpha value is -2.41. The molecule has 2 unspecified atom stereocenters. The van der Waals surface area contributed by atoms with Gasteiger partial charge in [-0.3, -0.25) is 9.59 Å². The van der Waals surface area contributed by atoms with E-state index < -0.39 is 30.0 Å². The van der Waals surface area contributed by atoms with Gasteiger partial charge in [-0.1, -0.05) is 0 Å². The number of rotatable bonds is 2. The van der Waals surface area contributed by atoms with E-state index in [1.54, 1.807) is 0 Å². The highest BCUT2D eigenvalue weighted by Crippen LogP contribution is 2.34. The summed E-state index contributed by atoms with van der Waals surface area (Å²) in [5.41, 5.74) is 5.79. The van der Waals surface area contributed by atoms with Crippen LogP contribution < -0.4 is 10.6 Å². The van der Waals surface area contributed by atoms with Crippen molar-refractivity contribution >= 4 is 29.2 Å². The largest absolute Gasteiger partial charge is 0.478 e. The summed E-state index contributed by atoms with van der Waals surface area (Å²) >= 11 is 0. The van der Waals surface area contributed by atoms with Gasteiger partial charge in [-0.2, -0.15) is 0 Å². The summed E-state index contributed by atoms with van der Waals surface area (Å²) in [5.74, 6) is -2.28. The number of carbonyl (C=O) groups is 3. The van der Waals surface area contributed by atoms with Crippen molar-refractivity contribution in [1.82, 2.24) is 0 Å². The minimum absolute atomic E-state index is 0.00713. The Morgan fingerprint density at radius 3 is 2.40 bits per heavy atom. The van der Waals surface area contributed by atoms with E-state index in [0.717, 1.165) is 4.90 Å². The Balaban J connectivity index is 2.12. The Bertz CT molecular complexity index is 605. The standard InChI is InChI=1S/C13H12N2O5/c14-6-1-2-7(13(18)19)8(5-6)15-11(16)9-3-4-10(20-9)12(15)17/h1-2,5,9-10H,3-4,14H2,(H,18,19). The van der Waals surface area contributed by atoms with Crippen LogP contribution in [0.5, 0.6) is 0 Å². The fourth-order valence-electron chi connectivity index (χ4n) is 2.55. The molecular formula is C13H12N2O5. The van der Waals surface area contributed by atoms with Crippen LogP contribution in [0, 0.1) is 0 Å². The van der Waals surface area contributed by atoms with E-state index >= 15 is 0 Å². The van der Waals surface area contributed by atoms with E-state index in [1.165, 1.54) is 18.2 Å². The molecule has 7 heteroatoms. The van der Waals surface area contributed by atoms with Crippen LogP contribution in [-0.2, 0) is 14.3 Å². The van der Waals surface area contributed by atoms with Crippen LogP contribution in [0.1, 0.15) is 23.2 Å². The number of carboxylic acid groups (broad SMARTS) is 1. The fourth-order valence-corrected chi connectivity index (χ4v) is 2.55. The van der Waals surface area contributed by atoms with Crippen molar-refractivity contribution in [2.75, 3.05) is 10.6 Å². The average molecular weight is 276 g/mol. The first-order valence-corrected chi connectivity index (χ1v) is 6.15. The minimum atomic E-state index is -1.22. The van der Waals surface area contributed by atoms with Gasteiger partial charge < -0.3 is 15.6 Å². The average Bonchev–Trinajstić information content (AvgIpc) is 2.83. The van der Waals surface area contributed by atoms with E-state index in [0.29, 0.717) is 12.8 Å². The summed E-state index contributed by atoms with van der Waals surface area (Å²) < 4.78 is 5.28. The van der Waals surface area contributed by atoms with Crippen molar-refractivity contribution in [2.24, 2.45) is 0 Å². The maximum absolute atomic E-state index is 12.2. The highest BCUT2D eigenvalue weighted by molar-refractivity contribution is 6.22. The Labute approximate surface area is 113 Å². The normalized spacial score (nSPS) is 25.1. The number of aromatic carboxylic acids is 1. The molecule has 2 heterocycles. The zero-order valence-electron chi connectivity index (χ0n) is 10.4. The number of anilines is 2. The molecule has 2 fully saturated rings. The van der Waals surface area contributed by atoms with Gasteiger partial charge in [-0.25, -0.2) is 9.69 Å². The highest BCUT2D eigenvalue weighted by atomic mass is 16.5. The van der Waals surface area contributed by atoms with Crippen LogP contribution >= 0.6 is 0 Å². The first-order valence-electron chi connectivity index (χ1n) is 6.15. The van der Waals surface area contributed by atoms with Gasteiger partial charge in [0, 0.05) is 5.69 Å². The molecule has 2 aliphatic heterocycles. The topological polar surface area (TPSA) is 110 Å². The van der Waals surface area contributed by atoms with E-state index in [2.05, 4.69) is 0 Å². The molecule has 1 aromatic rings. The molecular weight excluding hydrogens is 264 g/mol. The molecule has 20 heavy (non-hydrogen) atoms. The SMILES string of the molecule is Nc1ccc(C(=O)O)c(N2C(=O)C3CCC(O3)C2=O)c1. The number of amides is 2. The molecule has 2 bridgehead atoms. The number of imide groups is 1. The summed E-state index contributed by atoms with van der Waals surface area (Å²) in [4.78, 5) is 36.6. The van der Waals surface area contributed by atoms with Crippen molar-refractivity contribution < 1.29 is 24.2 Å². The van der Waals surface area contributed by atoms with Gasteiger partial charge in [-0.05, 0) is 31.0 Å². The van der Waals surface area contributed by atoms with E-state index in [-0.39, 0.29) is 16.9 Å². The van der Waals surface area contributed by atoms with Gasteiger partial charge in [-0.15, -0.1) is 0 Å². The number of hydrogen-bond acceptors (Lipinski definition) is 5. The van der Waals surface area contributed by atoms with Crippen LogP contribution in [0.3, 0.4) is 0 Å². The zero-order valence-corrected chi connectivity index (χ0v) is 10.4. The fraction of sp³-hybridized carbons (Fsp3) is 0.308. The third kappa shape index (κ3) is 1.75. The van der Waals surface area contributed by atoms with Crippen LogP contribution in [-0.4, -0.2) is 35.1 Å². The Kier molecular flexibility index (Phi) is 2.72. The van der Waals surface area contributed by atoms with Crippen LogP contribution in [0.2, 0.25) is 0 Å². The van der Waals surface area contributed by atoms with E-state index in [4.69, 9.17) is 10.5 Å². The van der Waals surface area contributed by atoms with Gasteiger partial charge in [0.1, 0.15) is 12.2 Å². The van der Waals surface area contributed by atoms with Gasteiger partial charge in [0.15, 0.2) is 0 Å². The molecule has 0 saturated carbocycles. The van der Waals surface area contributed by atoms with Crippen molar-refractivity contribution in [3.63, 3.8) is 0 Å². The Morgan fingerprint density at radius 1 is 1.25 bits per heavy atom. The molecule has 0 spiro atoms. The number of nitrogen functional groups attached to an aromatic ring is 1. The lowest BCUT2D eigenvalue weighted by Crippen LogP contribution is -2.52. The molecule has 0 radical (unpaired) electrons. The minimum Gasteiger partial charge on any atom is -0.478 e. The second-order valence-electron chi connectivity index (χ2n) is 4.78. The molecule has 0 aliphatic carbocycles. The predicted octanol–water partition coefficient (Wildman–Crippen LogP) is 0.388. The monoisotopic (exact) mass is 276 g/mol. The summed E-state index contributed by atoms with van der Waals surface area (Å²) in [6.07, 6.45) is -0.422. The first kappa shape index (κ1) is 12.6. The molecule has 2 atom stereocenters. The molecule has 0 aromatic heterocycles. The summed E-state index contributed by atoms with van der Waals surface area (Å²) in [7, 11) is 0. The number of nitrogens with zero attached hydrogens (tertiary/aromatic N) is 1. The predicted molar refractivity (Wildman–Crippen MR) is 68.2 cm³/mol. The van der Waals surface area contributed by atoms with Crippen molar-refractivity contribution in [2.45, 2.75) is 25.0 Å². The lowest BCUT2D eigenvalue weighted by atomic mass is 10.1. The van der Waals surface area contributed by atoms with Crippen LogP contribution in [0.15, 0.2) is 18.2 Å². The smallest absolute Gasteiger partial charge is 0.337 e. The number of benzene rings is 1. The van der Waals surface area contributed by atoms with Gasteiger partial charge >= 0.3 is 5.97 Å². The number of morpholine rings is 1. The molecule has 2 saturated heterocycles. The van der Waals surface area contributed by atoms with E-state index in [9.17, 15) is 19.5 Å². The molecule has 1 aromatic carbocycles. The summed E-state index contributed by atoms with van der Waals surface area (Å²) in [6, 6.07) is 4.02. The number of hydrogen-bond donors (Lipinski definition) is 2. The lowest BCUT2D eigenvalue weighted by molar-refractivity contribution is -0.146. The Morgan fingerprint density at radius 2 is 1.85 bits per heavy atom. The maximum Gasteiger partial charge on any atom is 0.337 e. The van der Waals surface area contributed by atoms with Crippen LogP contribution in [0.25, 0.3) is 0 Å². The third-order valence-corrected chi connectivity index (χ3v) is 3.50. The van der Waals surface area contributed by atoms with Crippen molar-refractivity contribution in [3.05, 3.63) is 23.8 Å². The second kappa shape index (κ2) is 4.31. The van der Waals surface area contributed by atoms with Gasteiger partial charge in [0.25, 0.3) is 11.8 Å². The molecule has 2 aliphatic rings. The van der Waals surface area contributed by atoms with Crippen molar-refractivity contribution in [1.29, 1.82) is 0 Å². The molecule has 3 N–H and O–H groups in total. The van der Waals surface area contributed by atoms with E-state index in [1.807, 2.05) is 0 Å². The lowest BCUT2D eigenvalue weighted by Gasteiger charge is -2.30. The second-order valence-corrected chi connectivity index (χ2v) is 4.78. The molecule has 3 rings (SSSR count).